The van der Waals surface area contributed by atoms with Gasteiger partial charge in [-0.3, -0.25) is 33.5 Å². The number of Topliss-reactive ketones (excluding diaryl/α,β-unsaturated/α-hetero) is 1. The second-order valence-corrected chi connectivity index (χ2v) is 14.0. The van der Waals surface area contributed by atoms with Crippen LogP contribution in [-0.4, -0.2) is 74.7 Å². The SMILES string of the molecule is O=C1C(C(SCCS(=O)(=O)O)c2cncc(=O)[nH]2)CCCC1C(SCCS(=O)(=O)O)c1cncc(=O)[nH]1. The van der Waals surface area contributed by atoms with Crippen LogP contribution >= 0.6 is 23.5 Å². The number of ketones is 1. The zero-order valence-corrected chi connectivity index (χ0v) is 22.6. The van der Waals surface area contributed by atoms with Crippen molar-refractivity contribution in [1.82, 2.24) is 19.9 Å². The third-order valence-electron chi connectivity index (χ3n) is 5.73. The molecule has 0 radical (unpaired) electrons. The number of aromatic nitrogens is 4. The minimum atomic E-state index is -4.25. The van der Waals surface area contributed by atoms with Gasteiger partial charge in [0.1, 0.15) is 5.78 Å². The normalized spacial score (nSPS) is 20.4. The van der Waals surface area contributed by atoms with E-state index in [9.17, 15) is 31.2 Å². The maximum Gasteiger partial charge on any atom is 0.266 e. The van der Waals surface area contributed by atoms with Gasteiger partial charge in [-0.15, -0.1) is 0 Å². The quantitative estimate of drug-likeness (QED) is 0.251. The maximum atomic E-state index is 13.9. The summed E-state index contributed by atoms with van der Waals surface area (Å²) in [7, 11) is -8.50. The van der Waals surface area contributed by atoms with Gasteiger partial charge in [-0.1, -0.05) is 6.42 Å². The minimum Gasteiger partial charge on any atom is -0.322 e. The Labute approximate surface area is 221 Å². The summed E-state index contributed by atoms with van der Waals surface area (Å²) in [6.07, 6.45) is 6.36. The lowest BCUT2D eigenvalue weighted by Crippen LogP contribution is -2.36. The summed E-state index contributed by atoms with van der Waals surface area (Å²) in [5.74, 6) is -2.73. The summed E-state index contributed by atoms with van der Waals surface area (Å²) in [4.78, 5) is 50.8. The predicted octanol–water partition coefficient (Wildman–Crippen LogP) is 0.863. The molecule has 204 valence electrons. The highest BCUT2D eigenvalue weighted by atomic mass is 32.2. The second-order valence-electron chi connectivity index (χ2n) is 8.40. The van der Waals surface area contributed by atoms with Crippen LogP contribution in [0.5, 0.6) is 0 Å². The van der Waals surface area contributed by atoms with Gasteiger partial charge in [0.25, 0.3) is 31.4 Å². The summed E-state index contributed by atoms with van der Waals surface area (Å²) in [6, 6.07) is 0. The van der Waals surface area contributed by atoms with Crippen molar-refractivity contribution < 1.29 is 30.7 Å². The molecular weight excluding hydrogens is 569 g/mol. The molecule has 1 aliphatic rings. The van der Waals surface area contributed by atoms with Gasteiger partial charge in [-0.2, -0.15) is 40.4 Å². The van der Waals surface area contributed by atoms with Crippen LogP contribution in [0, 0.1) is 11.8 Å². The summed E-state index contributed by atoms with van der Waals surface area (Å²) in [5.41, 5.74) is -0.331. The van der Waals surface area contributed by atoms with Crippen molar-refractivity contribution in [3.05, 3.63) is 56.9 Å². The van der Waals surface area contributed by atoms with E-state index >= 15 is 0 Å². The van der Waals surface area contributed by atoms with Gasteiger partial charge in [-0.05, 0) is 12.8 Å². The molecule has 37 heavy (non-hydrogen) atoms. The number of rotatable bonds is 12. The standard InChI is InChI=1S/C20H26N4O9S4/c25-16-10-21-8-14(23-16)19(34-4-6-36(28,29)30)12-2-1-3-13(18(12)27)20(35-5-7-37(31,32)33)15-9-22-11-17(26)24-15/h8-13,19-20H,1-7H2,(H,23,25)(H,24,26)(H,28,29,30)(H,31,32,33). The van der Waals surface area contributed by atoms with Gasteiger partial charge in [0.15, 0.2) is 0 Å². The Morgan fingerprint density at radius 1 is 0.784 bits per heavy atom. The van der Waals surface area contributed by atoms with Crippen LogP contribution in [-0.2, 0) is 25.0 Å². The van der Waals surface area contributed by atoms with Crippen LogP contribution in [0.3, 0.4) is 0 Å². The molecule has 2 aromatic heterocycles. The highest BCUT2D eigenvalue weighted by Gasteiger charge is 2.42. The Bertz CT molecular complexity index is 1320. The van der Waals surface area contributed by atoms with Crippen LogP contribution in [0.1, 0.15) is 41.2 Å². The van der Waals surface area contributed by atoms with Crippen LogP contribution in [0.25, 0.3) is 0 Å². The smallest absolute Gasteiger partial charge is 0.266 e. The molecule has 2 heterocycles. The fourth-order valence-corrected chi connectivity index (χ4v) is 8.76. The van der Waals surface area contributed by atoms with E-state index in [-0.39, 0.29) is 17.3 Å². The van der Waals surface area contributed by atoms with E-state index in [1.165, 1.54) is 12.4 Å². The summed E-state index contributed by atoms with van der Waals surface area (Å²) >= 11 is 2.19. The Kier molecular flexibility index (Phi) is 10.1. The fraction of sp³-hybridized carbons (Fsp3) is 0.550. The topological polar surface area (TPSA) is 217 Å². The first-order chi connectivity index (χ1) is 17.3. The lowest BCUT2D eigenvalue weighted by molar-refractivity contribution is -0.129. The van der Waals surface area contributed by atoms with Crippen LogP contribution < -0.4 is 11.1 Å². The third-order valence-corrected chi connectivity index (χ3v) is 10.4. The number of carbonyl (C=O) groups excluding carboxylic acids is 1. The second kappa shape index (κ2) is 12.7. The average molecular weight is 595 g/mol. The van der Waals surface area contributed by atoms with E-state index < -0.39 is 65.2 Å². The molecular formula is C20H26N4O9S4. The van der Waals surface area contributed by atoms with Crippen LogP contribution in [0.4, 0.5) is 0 Å². The van der Waals surface area contributed by atoms with Crippen molar-refractivity contribution in [3.8, 4) is 0 Å². The molecule has 1 saturated carbocycles. The molecule has 3 rings (SSSR count). The molecule has 4 unspecified atom stereocenters. The largest absolute Gasteiger partial charge is 0.322 e. The van der Waals surface area contributed by atoms with Crippen molar-refractivity contribution >= 4 is 49.5 Å². The number of nitrogens with zero attached hydrogens (tertiary/aromatic N) is 2. The number of thioether (sulfide) groups is 2. The highest BCUT2D eigenvalue weighted by Crippen LogP contribution is 2.47. The zero-order chi connectivity index (χ0) is 27.2. The van der Waals surface area contributed by atoms with Crippen molar-refractivity contribution in [3.63, 3.8) is 0 Å². The van der Waals surface area contributed by atoms with Gasteiger partial charge in [0.2, 0.25) is 0 Å². The first kappa shape index (κ1) is 29.5. The molecule has 0 amide bonds. The van der Waals surface area contributed by atoms with Gasteiger partial charge < -0.3 is 9.97 Å². The Balaban J connectivity index is 1.93. The molecule has 0 saturated heterocycles. The van der Waals surface area contributed by atoms with Crippen LogP contribution in [0.2, 0.25) is 0 Å². The van der Waals surface area contributed by atoms with E-state index in [1.54, 1.807) is 0 Å². The molecule has 13 nitrogen and oxygen atoms in total. The van der Waals surface area contributed by atoms with Gasteiger partial charge in [0, 0.05) is 35.7 Å². The molecule has 1 aliphatic carbocycles. The first-order valence-corrected chi connectivity index (χ1v) is 16.4. The number of nitrogens with one attached hydrogen (secondary N) is 2. The molecule has 1 fully saturated rings. The molecule has 0 aliphatic heterocycles. The Hall–Kier alpha value is -2.05. The highest BCUT2D eigenvalue weighted by molar-refractivity contribution is 8.00. The first-order valence-electron chi connectivity index (χ1n) is 11.1. The van der Waals surface area contributed by atoms with E-state index in [1.807, 2.05) is 0 Å². The molecule has 0 aromatic carbocycles. The molecule has 2 aromatic rings. The van der Waals surface area contributed by atoms with Gasteiger partial charge in [0.05, 0.1) is 45.8 Å². The lowest BCUT2D eigenvalue weighted by atomic mass is 9.76. The summed E-state index contributed by atoms with van der Waals surface area (Å²) < 4.78 is 63.3. The van der Waals surface area contributed by atoms with E-state index in [2.05, 4.69) is 19.9 Å². The lowest BCUT2D eigenvalue weighted by Gasteiger charge is -2.36. The number of aromatic amines is 2. The number of H-pyrrole nitrogens is 2. The van der Waals surface area contributed by atoms with Gasteiger partial charge >= 0.3 is 0 Å². The fourth-order valence-electron chi connectivity index (χ4n) is 4.20. The van der Waals surface area contributed by atoms with E-state index in [0.29, 0.717) is 30.7 Å². The number of carbonyl (C=O) groups is 1. The number of hydrogen-bond donors (Lipinski definition) is 4. The molecule has 4 atom stereocenters. The molecule has 0 spiro atoms. The molecule has 17 heteroatoms. The van der Waals surface area contributed by atoms with E-state index in [4.69, 9.17) is 9.11 Å². The monoisotopic (exact) mass is 594 g/mol. The summed E-state index contributed by atoms with van der Waals surface area (Å²) in [5, 5.41) is -1.34. The van der Waals surface area contributed by atoms with Gasteiger partial charge in [-0.25, -0.2) is 0 Å². The van der Waals surface area contributed by atoms with Crippen molar-refractivity contribution in [1.29, 1.82) is 0 Å². The average Bonchev–Trinajstić information content (AvgIpc) is 2.79. The Morgan fingerprint density at radius 2 is 1.19 bits per heavy atom. The molecule has 4 N–H and O–H groups in total. The van der Waals surface area contributed by atoms with Crippen molar-refractivity contribution in [2.45, 2.75) is 29.8 Å². The van der Waals surface area contributed by atoms with Crippen molar-refractivity contribution in [2.75, 3.05) is 23.0 Å². The zero-order valence-electron chi connectivity index (χ0n) is 19.3. The molecule has 0 bridgehead atoms. The van der Waals surface area contributed by atoms with Crippen LogP contribution in [0.15, 0.2) is 34.4 Å². The summed E-state index contributed by atoms with van der Waals surface area (Å²) in [6.45, 7) is 0. The predicted molar refractivity (Wildman–Crippen MR) is 139 cm³/mol. The Morgan fingerprint density at radius 3 is 1.54 bits per heavy atom. The minimum absolute atomic E-state index is 0.0443. The third kappa shape index (κ3) is 9.03. The van der Waals surface area contributed by atoms with Crippen molar-refractivity contribution in [2.24, 2.45) is 11.8 Å². The maximum absolute atomic E-state index is 13.9. The number of hydrogen-bond acceptors (Lipinski definition) is 11. The van der Waals surface area contributed by atoms with E-state index in [0.717, 1.165) is 35.9 Å².